The second-order valence-electron chi connectivity index (χ2n) is 6.22. The number of aryl methyl sites for hydroxylation is 3. The SMILES string of the molecule is Cc1ccn(CCCNS(=O)(=O)c2c(C)nn(-c3ccccc3)c2C)n1. The van der Waals surface area contributed by atoms with Gasteiger partial charge in [-0.3, -0.25) is 4.68 Å². The number of nitrogens with one attached hydrogen (secondary N) is 1. The van der Waals surface area contributed by atoms with Crippen molar-refractivity contribution in [2.75, 3.05) is 6.54 Å². The van der Waals surface area contributed by atoms with Crippen molar-refractivity contribution in [2.45, 2.75) is 38.6 Å². The zero-order chi connectivity index (χ0) is 18.7. The van der Waals surface area contributed by atoms with Gasteiger partial charge in [0.1, 0.15) is 4.90 Å². The first-order chi connectivity index (χ1) is 12.4. The maximum Gasteiger partial charge on any atom is 0.244 e. The number of sulfonamides is 1. The summed E-state index contributed by atoms with van der Waals surface area (Å²) in [4.78, 5) is 0.247. The average molecular weight is 373 g/mol. The van der Waals surface area contributed by atoms with Gasteiger partial charge in [0, 0.05) is 19.3 Å². The van der Waals surface area contributed by atoms with E-state index in [4.69, 9.17) is 0 Å². The van der Waals surface area contributed by atoms with Crippen molar-refractivity contribution >= 4 is 10.0 Å². The summed E-state index contributed by atoms with van der Waals surface area (Å²) in [5, 5.41) is 8.70. The van der Waals surface area contributed by atoms with Crippen LogP contribution in [0.2, 0.25) is 0 Å². The summed E-state index contributed by atoms with van der Waals surface area (Å²) < 4.78 is 31.6. The highest BCUT2D eigenvalue weighted by Gasteiger charge is 2.24. The summed E-state index contributed by atoms with van der Waals surface area (Å²) in [6.45, 7) is 6.42. The Bertz CT molecular complexity index is 990. The molecule has 0 saturated carbocycles. The van der Waals surface area contributed by atoms with Crippen LogP contribution in [0.5, 0.6) is 0 Å². The summed E-state index contributed by atoms with van der Waals surface area (Å²) in [6, 6.07) is 11.4. The number of rotatable bonds is 7. The lowest BCUT2D eigenvalue weighted by Crippen LogP contribution is -2.26. The Morgan fingerprint density at radius 3 is 2.42 bits per heavy atom. The van der Waals surface area contributed by atoms with Gasteiger partial charge in [0.2, 0.25) is 10.0 Å². The predicted molar refractivity (Wildman–Crippen MR) is 99.8 cm³/mol. The van der Waals surface area contributed by atoms with E-state index in [1.807, 2.05) is 54.2 Å². The molecule has 0 amide bonds. The Labute approximate surface area is 153 Å². The third-order valence-electron chi connectivity index (χ3n) is 4.12. The summed E-state index contributed by atoms with van der Waals surface area (Å²) in [5.41, 5.74) is 2.87. The van der Waals surface area contributed by atoms with Gasteiger partial charge in [-0.1, -0.05) is 18.2 Å². The van der Waals surface area contributed by atoms with Crippen LogP contribution >= 0.6 is 0 Å². The highest BCUT2D eigenvalue weighted by Crippen LogP contribution is 2.22. The van der Waals surface area contributed by atoms with Gasteiger partial charge in [0.05, 0.1) is 22.8 Å². The number of hydrogen-bond acceptors (Lipinski definition) is 4. The lowest BCUT2D eigenvalue weighted by Gasteiger charge is -2.08. The maximum absolute atomic E-state index is 12.7. The second kappa shape index (κ2) is 7.43. The summed E-state index contributed by atoms with van der Waals surface area (Å²) in [7, 11) is -3.62. The van der Waals surface area contributed by atoms with E-state index in [1.165, 1.54) is 0 Å². The highest BCUT2D eigenvalue weighted by atomic mass is 32.2. The summed E-state index contributed by atoms with van der Waals surface area (Å²) >= 11 is 0. The molecule has 3 aromatic rings. The molecule has 0 spiro atoms. The van der Waals surface area contributed by atoms with Crippen LogP contribution in [0, 0.1) is 20.8 Å². The molecule has 2 aromatic heterocycles. The van der Waals surface area contributed by atoms with Crippen molar-refractivity contribution in [3.05, 3.63) is 59.7 Å². The smallest absolute Gasteiger partial charge is 0.244 e. The van der Waals surface area contributed by atoms with Crippen molar-refractivity contribution in [2.24, 2.45) is 0 Å². The number of benzene rings is 1. The van der Waals surface area contributed by atoms with Crippen molar-refractivity contribution in [1.29, 1.82) is 0 Å². The van der Waals surface area contributed by atoms with Crippen molar-refractivity contribution < 1.29 is 8.42 Å². The van der Waals surface area contributed by atoms with Crippen LogP contribution in [0.25, 0.3) is 5.69 Å². The standard InChI is InChI=1S/C18H23N5O2S/c1-14-10-13-22(20-14)12-7-11-19-26(24,25)18-15(2)21-23(16(18)3)17-8-5-4-6-9-17/h4-6,8-10,13,19H,7,11-12H2,1-3H3. The van der Waals surface area contributed by atoms with E-state index in [0.29, 0.717) is 30.9 Å². The molecule has 138 valence electrons. The van der Waals surface area contributed by atoms with Crippen LogP contribution in [0.15, 0.2) is 47.5 Å². The van der Waals surface area contributed by atoms with Crippen LogP contribution in [0.3, 0.4) is 0 Å². The van der Waals surface area contributed by atoms with E-state index in [9.17, 15) is 8.42 Å². The molecule has 1 aromatic carbocycles. The van der Waals surface area contributed by atoms with Gasteiger partial charge in [-0.15, -0.1) is 0 Å². The topological polar surface area (TPSA) is 81.8 Å². The van der Waals surface area contributed by atoms with Crippen LogP contribution in [-0.2, 0) is 16.6 Å². The molecule has 0 unspecified atom stereocenters. The molecule has 0 saturated heterocycles. The molecule has 0 radical (unpaired) electrons. The lowest BCUT2D eigenvalue weighted by molar-refractivity contribution is 0.550. The van der Waals surface area contributed by atoms with E-state index in [2.05, 4.69) is 14.9 Å². The van der Waals surface area contributed by atoms with Gasteiger partial charge in [-0.25, -0.2) is 17.8 Å². The molecule has 8 heteroatoms. The lowest BCUT2D eigenvalue weighted by atomic mass is 10.3. The molecule has 0 aliphatic carbocycles. The number of nitrogens with zero attached hydrogens (tertiary/aromatic N) is 4. The van der Waals surface area contributed by atoms with Crippen molar-refractivity contribution in [1.82, 2.24) is 24.3 Å². The van der Waals surface area contributed by atoms with Crippen LogP contribution < -0.4 is 4.72 Å². The largest absolute Gasteiger partial charge is 0.272 e. The molecule has 3 rings (SSSR count). The minimum Gasteiger partial charge on any atom is -0.272 e. The van der Waals surface area contributed by atoms with Crippen LogP contribution in [-0.4, -0.2) is 34.5 Å². The van der Waals surface area contributed by atoms with Gasteiger partial charge < -0.3 is 0 Å². The Morgan fingerprint density at radius 2 is 1.77 bits per heavy atom. The molecule has 7 nitrogen and oxygen atoms in total. The van der Waals surface area contributed by atoms with Crippen LogP contribution in [0.1, 0.15) is 23.5 Å². The monoisotopic (exact) mass is 373 g/mol. The highest BCUT2D eigenvalue weighted by molar-refractivity contribution is 7.89. The van der Waals surface area contributed by atoms with Gasteiger partial charge in [0.25, 0.3) is 0 Å². The quantitative estimate of drug-likeness (QED) is 0.645. The number of hydrogen-bond donors (Lipinski definition) is 1. The molecule has 0 fully saturated rings. The molecule has 2 heterocycles. The zero-order valence-corrected chi connectivity index (χ0v) is 16.0. The first-order valence-electron chi connectivity index (χ1n) is 8.50. The fraction of sp³-hybridized carbons (Fsp3) is 0.333. The first kappa shape index (κ1) is 18.3. The number of para-hydroxylation sites is 1. The Kier molecular flexibility index (Phi) is 5.24. The average Bonchev–Trinajstić information content (AvgIpc) is 3.15. The minimum atomic E-state index is -3.62. The van der Waals surface area contributed by atoms with E-state index in [-0.39, 0.29) is 4.90 Å². The first-order valence-corrected chi connectivity index (χ1v) is 9.98. The second-order valence-corrected chi connectivity index (χ2v) is 7.92. The van der Waals surface area contributed by atoms with E-state index in [1.54, 1.807) is 18.5 Å². The van der Waals surface area contributed by atoms with Crippen molar-refractivity contribution in [3.63, 3.8) is 0 Å². The fourth-order valence-corrected chi connectivity index (χ4v) is 4.41. The summed E-state index contributed by atoms with van der Waals surface area (Å²) in [5.74, 6) is 0. The normalized spacial score (nSPS) is 11.8. The van der Waals surface area contributed by atoms with Gasteiger partial charge in [-0.05, 0) is 45.4 Å². The molecule has 26 heavy (non-hydrogen) atoms. The number of aromatic nitrogens is 4. The molecule has 0 aliphatic heterocycles. The van der Waals surface area contributed by atoms with Gasteiger partial charge >= 0.3 is 0 Å². The third-order valence-corrected chi connectivity index (χ3v) is 5.84. The predicted octanol–water partition coefficient (Wildman–Crippen LogP) is 2.36. The molecule has 1 N–H and O–H groups in total. The Balaban J connectivity index is 1.72. The van der Waals surface area contributed by atoms with Gasteiger partial charge in [0.15, 0.2) is 0 Å². The molecule has 0 atom stereocenters. The Morgan fingerprint density at radius 1 is 1.04 bits per heavy atom. The minimum absolute atomic E-state index is 0.247. The zero-order valence-electron chi connectivity index (χ0n) is 15.2. The van der Waals surface area contributed by atoms with E-state index >= 15 is 0 Å². The third kappa shape index (κ3) is 3.86. The van der Waals surface area contributed by atoms with Crippen LogP contribution in [0.4, 0.5) is 0 Å². The van der Waals surface area contributed by atoms with Gasteiger partial charge in [-0.2, -0.15) is 10.2 Å². The maximum atomic E-state index is 12.7. The molecular formula is C18H23N5O2S. The molecule has 0 aliphatic rings. The summed E-state index contributed by atoms with van der Waals surface area (Å²) in [6.07, 6.45) is 2.55. The Hall–Kier alpha value is -2.45. The van der Waals surface area contributed by atoms with E-state index in [0.717, 1.165) is 11.4 Å². The molecule has 0 bridgehead atoms. The van der Waals surface area contributed by atoms with Crippen molar-refractivity contribution in [3.8, 4) is 5.69 Å². The van der Waals surface area contributed by atoms with E-state index < -0.39 is 10.0 Å². The fourth-order valence-electron chi connectivity index (χ4n) is 2.95. The molecular weight excluding hydrogens is 350 g/mol.